The maximum absolute atomic E-state index is 12.5. The Morgan fingerprint density at radius 1 is 1.23 bits per heavy atom. The molecule has 3 N–H and O–H groups in total. The zero-order chi connectivity index (χ0) is 18.5. The zero-order valence-corrected chi connectivity index (χ0v) is 14.8. The molecule has 136 valence electrons. The molecule has 1 saturated heterocycles. The molecular formula is C20H23N3O3. The van der Waals surface area contributed by atoms with Crippen LogP contribution in [0, 0.1) is 0 Å². The summed E-state index contributed by atoms with van der Waals surface area (Å²) in [6, 6.07) is 14.5. The first-order valence-corrected chi connectivity index (χ1v) is 8.65. The summed E-state index contributed by atoms with van der Waals surface area (Å²) in [6.45, 7) is 1.48. The van der Waals surface area contributed by atoms with Gasteiger partial charge in [-0.05, 0) is 49.2 Å². The minimum absolute atomic E-state index is 0.207. The Kier molecular flexibility index (Phi) is 5.53. The average Bonchev–Trinajstić information content (AvgIpc) is 3.10. The molecule has 1 atom stereocenters. The number of rotatable bonds is 6. The van der Waals surface area contributed by atoms with Gasteiger partial charge in [0, 0.05) is 12.2 Å². The van der Waals surface area contributed by atoms with E-state index >= 15 is 0 Å². The van der Waals surface area contributed by atoms with Gasteiger partial charge in [0.25, 0.3) is 5.91 Å². The molecule has 1 fully saturated rings. The van der Waals surface area contributed by atoms with E-state index in [4.69, 9.17) is 10.5 Å². The lowest BCUT2D eigenvalue weighted by molar-refractivity contribution is -0.122. The van der Waals surface area contributed by atoms with Crippen molar-refractivity contribution in [1.29, 1.82) is 0 Å². The van der Waals surface area contributed by atoms with Crippen molar-refractivity contribution in [3.8, 4) is 5.75 Å². The predicted octanol–water partition coefficient (Wildman–Crippen LogP) is 2.40. The van der Waals surface area contributed by atoms with Gasteiger partial charge < -0.3 is 15.8 Å². The number of nitrogens with one attached hydrogen (secondary N) is 1. The van der Waals surface area contributed by atoms with E-state index in [1.54, 1.807) is 18.2 Å². The Labute approximate surface area is 152 Å². The number of para-hydroxylation sites is 1. The van der Waals surface area contributed by atoms with Gasteiger partial charge in [0.15, 0.2) is 0 Å². The number of ether oxygens (including phenoxy) is 1. The normalized spacial score (nSPS) is 17.0. The molecule has 0 bridgehead atoms. The number of nitrogens with zero attached hydrogens (tertiary/aromatic N) is 1. The van der Waals surface area contributed by atoms with Crippen molar-refractivity contribution in [3.63, 3.8) is 0 Å². The molecule has 2 aromatic carbocycles. The first kappa shape index (κ1) is 17.9. The Morgan fingerprint density at radius 3 is 2.81 bits per heavy atom. The summed E-state index contributed by atoms with van der Waals surface area (Å²) >= 11 is 0. The highest BCUT2D eigenvalue weighted by Crippen LogP contribution is 2.22. The number of methoxy groups -OCH3 is 1. The molecule has 0 saturated carbocycles. The third-order valence-corrected chi connectivity index (χ3v) is 4.61. The van der Waals surface area contributed by atoms with E-state index in [1.165, 1.54) is 7.11 Å². The first-order valence-electron chi connectivity index (χ1n) is 8.65. The molecule has 3 rings (SSSR count). The van der Waals surface area contributed by atoms with Gasteiger partial charge in [-0.2, -0.15) is 0 Å². The molecule has 1 heterocycles. The van der Waals surface area contributed by atoms with Crippen molar-refractivity contribution in [2.75, 3.05) is 19.0 Å². The molecule has 6 nitrogen and oxygen atoms in total. The highest BCUT2D eigenvalue weighted by molar-refractivity contribution is 6.06. The van der Waals surface area contributed by atoms with E-state index in [-0.39, 0.29) is 17.9 Å². The maximum atomic E-state index is 12.5. The average molecular weight is 353 g/mol. The lowest BCUT2D eigenvalue weighted by Crippen LogP contribution is -2.39. The van der Waals surface area contributed by atoms with Crippen LogP contribution in [0.15, 0.2) is 48.5 Å². The Bertz CT molecular complexity index is 806. The second-order valence-electron chi connectivity index (χ2n) is 6.39. The van der Waals surface area contributed by atoms with Gasteiger partial charge in [-0.15, -0.1) is 0 Å². The van der Waals surface area contributed by atoms with E-state index in [2.05, 4.69) is 10.2 Å². The Balaban J connectivity index is 1.71. The molecule has 0 radical (unpaired) electrons. The lowest BCUT2D eigenvalue weighted by atomic mass is 10.1. The van der Waals surface area contributed by atoms with Crippen LogP contribution in [0.3, 0.4) is 0 Å². The van der Waals surface area contributed by atoms with Crippen LogP contribution in [0.25, 0.3) is 0 Å². The zero-order valence-electron chi connectivity index (χ0n) is 14.8. The van der Waals surface area contributed by atoms with Crippen LogP contribution < -0.4 is 15.8 Å². The number of primary amides is 1. The topological polar surface area (TPSA) is 84.7 Å². The molecule has 6 heteroatoms. The quantitative estimate of drug-likeness (QED) is 0.835. The molecule has 0 aliphatic carbocycles. The molecule has 2 amide bonds. The van der Waals surface area contributed by atoms with E-state index in [1.807, 2.05) is 30.3 Å². The molecule has 0 aromatic heterocycles. The second-order valence-corrected chi connectivity index (χ2v) is 6.39. The van der Waals surface area contributed by atoms with Gasteiger partial charge in [0.2, 0.25) is 5.91 Å². The van der Waals surface area contributed by atoms with E-state index < -0.39 is 0 Å². The van der Waals surface area contributed by atoms with E-state index in [9.17, 15) is 9.59 Å². The monoisotopic (exact) mass is 353 g/mol. The number of hydrogen-bond donors (Lipinski definition) is 2. The summed E-state index contributed by atoms with van der Waals surface area (Å²) in [5.74, 6) is 0.0291. The Morgan fingerprint density at radius 2 is 2.04 bits per heavy atom. The number of anilines is 1. The third-order valence-electron chi connectivity index (χ3n) is 4.61. The number of benzene rings is 2. The third kappa shape index (κ3) is 4.03. The van der Waals surface area contributed by atoms with Gasteiger partial charge in [-0.3, -0.25) is 14.5 Å². The molecule has 2 aromatic rings. The van der Waals surface area contributed by atoms with Gasteiger partial charge in [-0.1, -0.05) is 24.3 Å². The number of carbonyl (C=O) groups excluding carboxylic acids is 2. The van der Waals surface area contributed by atoms with Crippen molar-refractivity contribution < 1.29 is 14.3 Å². The molecule has 1 unspecified atom stereocenters. The van der Waals surface area contributed by atoms with E-state index in [0.717, 1.165) is 24.9 Å². The second kappa shape index (κ2) is 8.01. The van der Waals surface area contributed by atoms with Crippen LogP contribution in [0.5, 0.6) is 5.75 Å². The summed E-state index contributed by atoms with van der Waals surface area (Å²) < 4.78 is 5.24. The van der Waals surface area contributed by atoms with Crippen molar-refractivity contribution in [2.24, 2.45) is 5.73 Å². The fourth-order valence-corrected chi connectivity index (χ4v) is 3.35. The van der Waals surface area contributed by atoms with Gasteiger partial charge in [0.05, 0.1) is 18.7 Å². The summed E-state index contributed by atoms with van der Waals surface area (Å²) in [4.78, 5) is 26.2. The van der Waals surface area contributed by atoms with Crippen LogP contribution in [-0.4, -0.2) is 36.4 Å². The summed E-state index contributed by atoms with van der Waals surface area (Å²) in [5, 5.41) is 2.90. The van der Waals surface area contributed by atoms with Crippen LogP contribution in [0.1, 0.15) is 28.8 Å². The Hall–Kier alpha value is -2.86. The summed E-state index contributed by atoms with van der Waals surface area (Å²) in [6.07, 6.45) is 1.78. The smallest absolute Gasteiger partial charge is 0.259 e. The van der Waals surface area contributed by atoms with Gasteiger partial charge in [0.1, 0.15) is 5.75 Å². The van der Waals surface area contributed by atoms with Crippen LogP contribution >= 0.6 is 0 Å². The standard InChI is InChI=1S/C20H23N3O3/c1-26-18-10-3-2-8-16(18)20(25)22-15-7-4-6-14(12-15)13-23-11-5-9-17(23)19(21)24/h2-4,6-8,10,12,17H,5,9,11,13H2,1H3,(H2,21,24)(H,22,25). The largest absolute Gasteiger partial charge is 0.496 e. The highest BCUT2D eigenvalue weighted by Gasteiger charge is 2.28. The van der Waals surface area contributed by atoms with Crippen molar-refractivity contribution in [2.45, 2.75) is 25.4 Å². The SMILES string of the molecule is COc1ccccc1C(=O)Nc1cccc(CN2CCCC2C(N)=O)c1. The highest BCUT2D eigenvalue weighted by atomic mass is 16.5. The number of hydrogen-bond acceptors (Lipinski definition) is 4. The van der Waals surface area contributed by atoms with Gasteiger partial charge >= 0.3 is 0 Å². The summed E-state index contributed by atoms with van der Waals surface area (Å²) in [7, 11) is 1.54. The predicted molar refractivity (Wildman–Crippen MR) is 100 cm³/mol. The minimum Gasteiger partial charge on any atom is -0.496 e. The first-order chi connectivity index (χ1) is 12.6. The fourth-order valence-electron chi connectivity index (χ4n) is 3.35. The van der Waals surface area contributed by atoms with Crippen LogP contribution in [-0.2, 0) is 11.3 Å². The molecule has 1 aliphatic rings. The maximum Gasteiger partial charge on any atom is 0.259 e. The minimum atomic E-state index is -0.275. The van der Waals surface area contributed by atoms with Crippen molar-refractivity contribution in [3.05, 3.63) is 59.7 Å². The van der Waals surface area contributed by atoms with E-state index in [0.29, 0.717) is 23.5 Å². The van der Waals surface area contributed by atoms with Crippen molar-refractivity contribution >= 4 is 17.5 Å². The van der Waals surface area contributed by atoms with Crippen LogP contribution in [0.4, 0.5) is 5.69 Å². The number of amides is 2. The molecule has 26 heavy (non-hydrogen) atoms. The fraction of sp³-hybridized carbons (Fsp3) is 0.300. The summed E-state index contributed by atoms with van der Waals surface area (Å²) in [5.41, 5.74) is 7.69. The van der Waals surface area contributed by atoms with Crippen molar-refractivity contribution in [1.82, 2.24) is 4.90 Å². The van der Waals surface area contributed by atoms with Gasteiger partial charge in [-0.25, -0.2) is 0 Å². The molecule has 1 aliphatic heterocycles. The molecular weight excluding hydrogens is 330 g/mol. The number of carbonyl (C=O) groups is 2. The van der Waals surface area contributed by atoms with Crippen LogP contribution in [0.2, 0.25) is 0 Å². The molecule has 0 spiro atoms. The number of nitrogens with two attached hydrogens (primary N) is 1. The number of likely N-dealkylation sites (tertiary alicyclic amines) is 1. The lowest BCUT2D eigenvalue weighted by Gasteiger charge is -2.22.